The van der Waals surface area contributed by atoms with Crippen molar-refractivity contribution in [3.63, 3.8) is 0 Å². The van der Waals surface area contributed by atoms with Crippen LogP contribution in [0.3, 0.4) is 0 Å². The molecule has 3 aromatic rings. The number of anilines is 2. The van der Waals surface area contributed by atoms with Crippen LogP contribution in [-0.2, 0) is 22.3 Å². The molecular weight excluding hydrogens is 675 g/mol. The zero-order valence-electron chi connectivity index (χ0n) is 25.1. The van der Waals surface area contributed by atoms with Crippen LogP contribution in [-0.4, -0.2) is 88.5 Å². The Labute approximate surface area is 272 Å². The highest BCUT2D eigenvalue weighted by molar-refractivity contribution is 9.10. The number of nitrogens with one attached hydrogen (secondary N) is 1. The maximum Gasteiger partial charge on any atom is 0.416 e. The SMILES string of the molecule is CCOC(=O)CCN1CCN(c2cnc(C(=O)Nc3nc(-c4cc(Br)cc(C(F)(F)F)c4)c(CN4CCC[C@H]4C)s3)cn2)CC1. The topological polar surface area (TPSA) is 104 Å². The molecule has 0 bridgehead atoms. The quantitative estimate of drug-likeness (QED) is 0.266. The average molecular weight is 711 g/mol. The van der Waals surface area contributed by atoms with Crippen molar-refractivity contribution < 1.29 is 27.5 Å². The smallest absolute Gasteiger partial charge is 0.416 e. The lowest BCUT2D eigenvalue weighted by atomic mass is 10.1. The van der Waals surface area contributed by atoms with Crippen molar-refractivity contribution >= 4 is 50.1 Å². The lowest BCUT2D eigenvalue weighted by molar-refractivity contribution is -0.143. The fraction of sp³-hybridized carbons (Fsp3) is 0.500. The van der Waals surface area contributed by atoms with Gasteiger partial charge in [-0.15, -0.1) is 0 Å². The molecule has 4 heterocycles. The third-order valence-corrected chi connectivity index (χ3v) is 9.37. The molecular formula is C30H35BrF3N7O3S. The van der Waals surface area contributed by atoms with E-state index in [4.69, 9.17) is 4.74 Å². The Morgan fingerprint density at radius 1 is 1.11 bits per heavy atom. The van der Waals surface area contributed by atoms with Gasteiger partial charge in [-0.05, 0) is 51.4 Å². The Bertz CT molecular complexity index is 1500. The van der Waals surface area contributed by atoms with E-state index in [1.54, 1.807) is 19.2 Å². The minimum Gasteiger partial charge on any atom is -0.466 e. The van der Waals surface area contributed by atoms with Crippen molar-refractivity contribution in [3.8, 4) is 11.3 Å². The van der Waals surface area contributed by atoms with Gasteiger partial charge in [-0.25, -0.2) is 15.0 Å². The molecule has 1 N–H and O–H groups in total. The Morgan fingerprint density at radius 2 is 1.89 bits per heavy atom. The first kappa shape index (κ1) is 33.2. The summed E-state index contributed by atoms with van der Waals surface area (Å²) in [7, 11) is 0. The van der Waals surface area contributed by atoms with Crippen molar-refractivity contribution in [1.82, 2.24) is 24.8 Å². The minimum absolute atomic E-state index is 0.0973. The molecule has 1 amide bonds. The summed E-state index contributed by atoms with van der Waals surface area (Å²) in [5.41, 5.74) is 0.0453. The van der Waals surface area contributed by atoms with E-state index in [0.717, 1.165) is 49.5 Å². The highest BCUT2D eigenvalue weighted by Gasteiger charge is 2.32. The normalized spacial score (nSPS) is 17.9. The van der Waals surface area contributed by atoms with E-state index < -0.39 is 17.6 Å². The van der Waals surface area contributed by atoms with E-state index in [2.05, 4.69) is 57.8 Å². The van der Waals surface area contributed by atoms with E-state index in [9.17, 15) is 22.8 Å². The number of hydrogen-bond acceptors (Lipinski definition) is 10. The molecule has 45 heavy (non-hydrogen) atoms. The average Bonchev–Trinajstić information content (AvgIpc) is 3.61. The van der Waals surface area contributed by atoms with Crippen LogP contribution in [0.2, 0.25) is 0 Å². The van der Waals surface area contributed by atoms with Gasteiger partial charge < -0.3 is 9.64 Å². The van der Waals surface area contributed by atoms with Gasteiger partial charge in [0.2, 0.25) is 0 Å². The van der Waals surface area contributed by atoms with Crippen LogP contribution in [0.4, 0.5) is 24.1 Å². The number of carbonyl (C=O) groups is 2. The van der Waals surface area contributed by atoms with Crippen molar-refractivity contribution in [2.45, 2.75) is 51.9 Å². The Kier molecular flexibility index (Phi) is 10.7. The number of thiazole rings is 1. The molecule has 1 aromatic carbocycles. The molecule has 1 atom stereocenters. The van der Waals surface area contributed by atoms with Crippen LogP contribution in [0, 0.1) is 0 Å². The fourth-order valence-electron chi connectivity index (χ4n) is 5.49. The highest BCUT2D eigenvalue weighted by Crippen LogP contribution is 2.39. The number of amides is 1. The maximum atomic E-state index is 13.6. The van der Waals surface area contributed by atoms with Crippen LogP contribution in [0.25, 0.3) is 11.3 Å². The number of piperazine rings is 1. The van der Waals surface area contributed by atoms with Crippen molar-refractivity contribution in [2.75, 3.05) is 56.1 Å². The van der Waals surface area contributed by atoms with Crippen molar-refractivity contribution in [1.29, 1.82) is 0 Å². The van der Waals surface area contributed by atoms with Gasteiger partial charge in [0.15, 0.2) is 5.13 Å². The summed E-state index contributed by atoms with van der Waals surface area (Å²) >= 11 is 4.46. The van der Waals surface area contributed by atoms with Crippen LogP contribution in [0.15, 0.2) is 35.1 Å². The molecule has 2 saturated heterocycles. The predicted octanol–water partition coefficient (Wildman–Crippen LogP) is 5.69. The van der Waals surface area contributed by atoms with Gasteiger partial charge in [0, 0.05) is 60.2 Å². The summed E-state index contributed by atoms with van der Waals surface area (Å²) in [5.74, 6) is -0.0653. The zero-order valence-corrected chi connectivity index (χ0v) is 27.5. The lowest BCUT2D eigenvalue weighted by Crippen LogP contribution is -2.47. The third-order valence-electron chi connectivity index (χ3n) is 7.96. The first-order valence-corrected chi connectivity index (χ1v) is 16.5. The number of likely N-dealkylation sites (tertiary alicyclic amines) is 1. The maximum absolute atomic E-state index is 13.6. The predicted molar refractivity (Wildman–Crippen MR) is 169 cm³/mol. The number of esters is 1. The van der Waals surface area contributed by atoms with E-state index in [1.807, 2.05) is 0 Å². The third kappa shape index (κ3) is 8.57. The van der Waals surface area contributed by atoms with E-state index in [1.165, 1.54) is 17.5 Å². The molecule has 0 radical (unpaired) electrons. The van der Waals surface area contributed by atoms with Crippen LogP contribution < -0.4 is 10.2 Å². The molecule has 15 heteroatoms. The summed E-state index contributed by atoms with van der Waals surface area (Å²) in [6.07, 6.45) is 0.895. The largest absolute Gasteiger partial charge is 0.466 e. The molecule has 2 aromatic heterocycles. The van der Waals surface area contributed by atoms with E-state index in [-0.39, 0.29) is 16.8 Å². The number of halogens is 4. The lowest BCUT2D eigenvalue weighted by Gasteiger charge is -2.35. The number of aromatic nitrogens is 3. The van der Waals surface area contributed by atoms with Crippen LogP contribution in [0.5, 0.6) is 0 Å². The number of alkyl halides is 3. The van der Waals surface area contributed by atoms with Gasteiger partial charge in [0.1, 0.15) is 11.5 Å². The number of ether oxygens (including phenoxy) is 1. The Hall–Kier alpha value is -3.14. The number of benzene rings is 1. The molecule has 0 aliphatic carbocycles. The van der Waals surface area contributed by atoms with Crippen molar-refractivity contribution in [3.05, 3.63) is 51.2 Å². The summed E-state index contributed by atoms with van der Waals surface area (Å²) in [5, 5.41) is 3.05. The second-order valence-electron chi connectivity index (χ2n) is 11.1. The molecule has 0 unspecified atom stereocenters. The number of nitrogens with zero attached hydrogens (tertiary/aromatic N) is 6. The highest BCUT2D eigenvalue weighted by atomic mass is 79.9. The van der Waals surface area contributed by atoms with Gasteiger partial charge in [-0.3, -0.25) is 24.7 Å². The van der Waals surface area contributed by atoms with Gasteiger partial charge in [-0.2, -0.15) is 13.2 Å². The first-order valence-electron chi connectivity index (χ1n) is 14.9. The standard InChI is InChI=1S/C30H35BrF3N7O3S/c1-3-44-26(42)6-8-39-9-11-40(12-10-39)25-17-35-23(16-36-25)28(43)38-29-37-27(24(45-29)18-41-7-4-5-19(41)2)20-13-21(30(32,33)34)15-22(31)14-20/h13-17,19H,3-12,18H2,1-2H3,(H,37,38,43)/t19-/m1/s1. The second-order valence-corrected chi connectivity index (χ2v) is 13.1. The first-order chi connectivity index (χ1) is 21.5. The van der Waals surface area contributed by atoms with Gasteiger partial charge >= 0.3 is 12.1 Å². The van der Waals surface area contributed by atoms with Crippen LogP contribution >= 0.6 is 27.3 Å². The van der Waals surface area contributed by atoms with Gasteiger partial charge in [0.05, 0.1) is 36.7 Å². The Morgan fingerprint density at radius 3 is 2.53 bits per heavy atom. The van der Waals surface area contributed by atoms with Crippen molar-refractivity contribution in [2.24, 2.45) is 0 Å². The molecule has 10 nitrogen and oxygen atoms in total. The van der Waals surface area contributed by atoms with E-state index in [0.29, 0.717) is 66.8 Å². The molecule has 242 valence electrons. The minimum atomic E-state index is -4.52. The summed E-state index contributed by atoms with van der Waals surface area (Å²) in [6.45, 7) is 9.27. The zero-order chi connectivity index (χ0) is 32.1. The number of hydrogen-bond donors (Lipinski definition) is 1. The summed E-state index contributed by atoms with van der Waals surface area (Å²) < 4.78 is 46.1. The van der Waals surface area contributed by atoms with Crippen LogP contribution in [0.1, 0.15) is 54.0 Å². The van der Waals surface area contributed by atoms with Gasteiger partial charge in [-0.1, -0.05) is 27.3 Å². The molecule has 0 spiro atoms. The summed E-state index contributed by atoms with van der Waals surface area (Å²) in [6, 6.07) is 4.08. The van der Waals surface area contributed by atoms with E-state index >= 15 is 0 Å². The number of carbonyl (C=O) groups excluding carboxylic acids is 2. The molecule has 0 saturated carbocycles. The summed E-state index contributed by atoms with van der Waals surface area (Å²) in [4.78, 5) is 45.5. The molecule has 5 rings (SSSR count). The molecule has 2 aliphatic rings. The Balaban J connectivity index is 1.27. The fourth-order valence-corrected chi connectivity index (χ4v) is 6.98. The second kappa shape index (κ2) is 14.5. The monoisotopic (exact) mass is 709 g/mol. The molecule has 2 fully saturated rings. The van der Waals surface area contributed by atoms with Gasteiger partial charge in [0.25, 0.3) is 5.91 Å². The molecule has 2 aliphatic heterocycles. The number of rotatable bonds is 10.